The van der Waals surface area contributed by atoms with Crippen molar-refractivity contribution in [2.24, 2.45) is 0 Å². The Bertz CT molecular complexity index is 481. The van der Waals surface area contributed by atoms with Crippen molar-refractivity contribution in [2.75, 3.05) is 38.2 Å². The molecular formula is C15H26N4O2. The van der Waals surface area contributed by atoms with E-state index < -0.39 is 0 Å². The van der Waals surface area contributed by atoms with Gasteiger partial charge in [-0.25, -0.2) is 4.68 Å². The van der Waals surface area contributed by atoms with Gasteiger partial charge in [0.2, 0.25) is 0 Å². The first kappa shape index (κ1) is 16.0. The third kappa shape index (κ3) is 4.54. The Morgan fingerprint density at radius 2 is 2.14 bits per heavy atom. The molecule has 0 radical (unpaired) electrons. The molecule has 6 nitrogen and oxygen atoms in total. The Morgan fingerprint density at radius 3 is 2.76 bits per heavy atom. The van der Waals surface area contributed by atoms with E-state index in [-0.39, 0.29) is 5.56 Å². The topological polar surface area (TPSA) is 59.4 Å². The number of anilines is 1. The van der Waals surface area contributed by atoms with Crippen molar-refractivity contribution in [1.82, 2.24) is 15.1 Å². The molecule has 1 fully saturated rings. The second-order valence-corrected chi connectivity index (χ2v) is 5.45. The molecule has 0 saturated carbocycles. The Balaban J connectivity index is 1.91. The number of aromatic nitrogens is 2. The average molecular weight is 294 g/mol. The van der Waals surface area contributed by atoms with E-state index in [4.69, 9.17) is 4.74 Å². The monoisotopic (exact) mass is 294 g/mol. The van der Waals surface area contributed by atoms with E-state index >= 15 is 0 Å². The average Bonchev–Trinajstić information content (AvgIpc) is 2.53. The lowest BCUT2D eigenvalue weighted by Gasteiger charge is -2.32. The molecule has 2 rings (SSSR count). The molecule has 0 aromatic carbocycles. The molecule has 1 aromatic rings. The molecule has 0 unspecified atom stereocenters. The third-order valence-electron chi connectivity index (χ3n) is 3.92. The van der Waals surface area contributed by atoms with Gasteiger partial charge in [0, 0.05) is 32.8 Å². The van der Waals surface area contributed by atoms with Gasteiger partial charge in [-0.05, 0) is 25.8 Å². The van der Waals surface area contributed by atoms with Crippen molar-refractivity contribution < 1.29 is 4.74 Å². The maximum absolute atomic E-state index is 12.1. The fourth-order valence-electron chi connectivity index (χ4n) is 2.60. The van der Waals surface area contributed by atoms with Gasteiger partial charge in [0.25, 0.3) is 5.56 Å². The Kier molecular flexibility index (Phi) is 6.20. The quantitative estimate of drug-likeness (QED) is 0.756. The molecule has 0 atom stereocenters. The number of ether oxygens (including phenoxy) is 1. The predicted molar refractivity (Wildman–Crippen MR) is 83.9 cm³/mol. The van der Waals surface area contributed by atoms with Crippen LogP contribution in [0.3, 0.4) is 0 Å². The van der Waals surface area contributed by atoms with Gasteiger partial charge in [-0.1, -0.05) is 6.92 Å². The first-order valence-electron chi connectivity index (χ1n) is 7.80. The highest BCUT2D eigenvalue weighted by Crippen LogP contribution is 2.18. The highest BCUT2D eigenvalue weighted by Gasteiger charge is 2.19. The normalized spacial score (nSPS) is 16.4. The lowest BCUT2D eigenvalue weighted by Crippen LogP contribution is -2.38. The van der Waals surface area contributed by atoms with Gasteiger partial charge in [-0.15, -0.1) is 0 Å². The number of hydrogen-bond acceptors (Lipinski definition) is 5. The molecule has 6 heteroatoms. The van der Waals surface area contributed by atoms with Gasteiger partial charge in [0.1, 0.15) is 0 Å². The maximum Gasteiger partial charge on any atom is 0.268 e. The minimum atomic E-state index is -0.0281. The summed E-state index contributed by atoms with van der Waals surface area (Å²) < 4.78 is 6.89. The molecule has 0 aliphatic carbocycles. The summed E-state index contributed by atoms with van der Waals surface area (Å²) in [5.41, 5.74) is 0.895. The minimum absolute atomic E-state index is 0.0281. The standard InChI is InChI=1S/C15H26N4O2/c1-3-6-16-7-10-19-15(20)11-13(12-17-19)18-8-4-14(21-2)5-9-18/h11-12,14,16H,3-10H2,1-2H3. The van der Waals surface area contributed by atoms with E-state index in [0.717, 1.165) is 51.1 Å². The number of nitrogens with one attached hydrogen (secondary N) is 1. The lowest BCUT2D eigenvalue weighted by atomic mass is 10.1. The zero-order valence-corrected chi connectivity index (χ0v) is 13.0. The summed E-state index contributed by atoms with van der Waals surface area (Å²) in [5.74, 6) is 0. The Hall–Kier alpha value is -1.40. The van der Waals surface area contributed by atoms with Crippen LogP contribution in [0, 0.1) is 0 Å². The molecule has 21 heavy (non-hydrogen) atoms. The largest absolute Gasteiger partial charge is 0.381 e. The van der Waals surface area contributed by atoms with Crippen LogP contribution in [-0.4, -0.2) is 49.2 Å². The molecular weight excluding hydrogens is 268 g/mol. The van der Waals surface area contributed by atoms with Crippen LogP contribution in [0.5, 0.6) is 0 Å². The number of rotatable bonds is 7. The first-order valence-corrected chi connectivity index (χ1v) is 7.80. The van der Waals surface area contributed by atoms with Crippen LogP contribution >= 0.6 is 0 Å². The van der Waals surface area contributed by atoms with Crippen LogP contribution < -0.4 is 15.8 Å². The van der Waals surface area contributed by atoms with E-state index in [1.165, 1.54) is 4.68 Å². The molecule has 0 bridgehead atoms. The summed E-state index contributed by atoms with van der Waals surface area (Å²) in [4.78, 5) is 14.3. The van der Waals surface area contributed by atoms with E-state index in [1.54, 1.807) is 19.4 Å². The zero-order valence-electron chi connectivity index (χ0n) is 13.0. The van der Waals surface area contributed by atoms with E-state index in [0.29, 0.717) is 12.6 Å². The molecule has 1 aliphatic heterocycles. The van der Waals surface area contributed by atoms with Gasteiger partial charge in [-0.3, -0.25) is 4.79 Å². The fourth-order valence-corrected chi connectivity index (χ4v) is 2.60. The summed E-state index contributed by atoms with van der Waals surface area (Å²) in [7, 11) is 1.76. The second-order valence-electron chi connectivity index (χ2n) is 5.45. The van der Waals surface area contributed by atoms with Gasteiger partial charge in [0.05, 0.1) is 24.5 Å². The van der Waals surface area contributed by atoms with Crippen LogP contribution in [0.1, 0.15) is 26.2 Å². The highest BCUT2D eigenvalue weighted by molar-refractivity contribution is 5.43. The van der Waals surface area contributed by atoms with Crippen LogP contribution in [0.2, 0.25) is 0 Å². The van der Waals surface area contributed by atoms with Crippen molar-refractivity contribution in [2.45, 2.75) is 38.8 Å². The number of nitrogens with zero attached hydrogens (tertiary/aromatic N) is 3. The SMILES string of the molecule is CCCNCCn1ncc(N2CCC(OC)CC2)cc1=O. The molecule has 1 aliphatic rings. The van der Waals surface area contributed by atoms with E-state index in [9.17, 15) is 4.79 Å². The fraction of sp³-hybridized carbons (Fsp3) is 0.733. The van der Waals surface area contributed by atoms with Crippen LogP contribution in [-0.2, 0) is 11.3 Å². The minimum Gasteiger partial charge on any atom is -0.381 e. The van der Waals surface area contributed by atoms with Gasteiger partial charge in [0.15, 0.2) is 0 Å². The Morgan fingerprint density at radius 1 is 1.38 bits per heavy atom. The summed E-state index contributed by atoms with van der Waals surface area (Å²) in [6, 6.07) is 1.69. The van der Waals surface area contributed by atoms with Crippen molar-refractivity contribution in [3.63, 3.8) is 0 Å². The van der Waals surface area contributed by atoms with Crippen molar-refractivity contribution in [3.8, 4) is 0 Å². The molecule has 1 N–H and O–H groups in total. The highest BCUT2D eigenvalue weighted by atomic mass is 16.5. The van der Waals surface area contributed by atoms with Crippen LogP contribution in [0.15, 0.2) is 17.1 Å². The van der Waals surface area contributed by atoms with E-state index in [1.807, 2.05) is 0 Å². The van der Waals surface area contributed by atoms with Crippen LogP contribution in [0.4, 0.5) is 5.69 Å². The van der Waals surface area contributed by atoms with Crippen molar-refractivity contribution in [1.29, 1.82) is 0 Å². The van der Waals surface area contributed by atoms with Crippen molar-refractivity contribution >= 4 is 5.69 Å². The molecule has 0 spiro atoms. The van der Waals surface area contributed by atoms with E-state index in [2.05, 4.69) is 22.2 Å². The number of hydrogen-bond donors (Lipinski definition) is 1. The predicted octanol–water partition coefficient (Wildman–Crippen LogP) is 0.858. The zero-order chi connectivity index (χ0) is 15.1. The molecule has 118 valence electrons. The van der Waals surface area contributed by atoms with Gasteiger partial charge < -0.3 is 15.0 Å². The third-order valence-corrected chi connectivity index (χ3v) is 3.92. The lowest BCUT2D eigenvalue weighted by molar-refractivity contribution is 0.0819. The van der Waals surface area contributed by atoms with Crippen LogP contribution in [0.25, 0.3) is 0 Å². The molecule has 1 saturated heterocycles. The maximum atomic E-state index is 12.1. The molecule has 1 aromatic heterocycles. The summed E-state index contributed by atoms with van der Waals surface area (Å²) in [5, 5.41) is 7.56. The summed E-state index contributed by atoms with van der Waals surface area (Å²) in [6.45, 7) is 6.33. The summed E-state index contributed by atoms with van der Waals surface area (Å²) in [6.07, 6.45) is 5.24. The van der Waals surface area contributed by atoms with Gasteiger partial charge in [-0.2, -0.15) is 5.10 Å². The smallest absolute Gasteiger partial charge is 0.268 e. The number of methoxy groups -OCH3 is 1. The summed E-state index contributed by atoms with van der Waals surface area (Å²) >= 11 is 0. The number of piperidine rings is 1. The molecule has 2 heterocycles. The second kappa shape index (κ2) is 8.14. The van der Waals surface area contributed by atoms with Crippen molar-refractivity contribution in [3.05, 3.63) is 22.6 Å². The van der Waals surface area contributed by atoms with Gasteiger partial charge >= 0.3 is 0 Å². The first-order chi connectivity index (χ1) is 10.2. The molecule has 0 amide bonds. The Labute approximate surface area is 126 Å².